The second kappa shape index (κ2) is 14.2. The van der Waals surface area contributed by atoms with E-state index in [1.165, 1.54) is 17.0 Å². The maximum atomic E-state index is 14.0. The summed E-state index contributed by atoms with van der Waals surface area (Å²) in [7, 11) is 0. The lowest BCUT2D eigenvalue weighted by molar-refractivity contribution is -0.138. The maximum absolute atomic E-state index is 14.0. The Hall–Kier alpha value is -2.96. The van der Waals surface area contributed by atoms with Crippen LogP contribution in [0.5, 0.6) is 0 Å². The van der Waals surface area contributed by atoms with E-state index in [9.17, 15) is 33.0 Å². The second-order valence-corrected chi connectivity index (χ2v) is 14.0. The lowest BCUT2D eigenvalue weighted by Gasteiger charge is -2.39. The van der Waals surface area contributed by atoms with E-state index in [1.807, 2.05) is 13.8 Å². The molecule has 4 rings (SSSR count). The highest BCUT2D eigenvalue weighted by Crippen LogP contribution is 2.37. The fourth-order valence-corrected chi connectivity index (χ4v) is 6.52. The van der Waals surface area contributed by atoms with Gasteiger partial charge in [-0.1, -0.05) is 40.7 Å². The van der Waals surface area contributed by atoms with Gasteiger partial charge in [-0.15, -0.1) is 0 Å². The molecule has 1 aromatic heterocycles. The Labute approximate surface area is 263 Å². The van der Waals surface area contributed by atoms with Crippen LogP contribution in [-0.4, -0.2) is 80.5 Å². The number of alkyl halides is 3. The molecule has 0 saturated carbocycles. The number of carbonyl (C=O) groups excluding carboxylic acids is 2. The van der Waals surface area contributed by atoms with Gasteiger partial charge in [0.25, 0.3) is 0 Å². The molecule has 9 nitrogen and oxygen atoms in total. The molecule has 12 heteroatoms. The average Bonchev–Trinajstić information content (AvgIpc) is 3.31. The van der Waals surface area contributed by atoms with Crippen LogP contribution in [0.15, 0.2) is 18.2 Å². The zero-order chi connectivity index (χ0) is 33.1. The fraction of sp³-hybridized carbons (Fsp3) is 0.667. The Balaban J connectivity index is 1.61. The summed E-state index contributed by atoms with van der Waals surface area (Å²) in [5, 5.41) is 28.0. The Bertz CT molecular complexity index is 1340. The number of piperidine rings is 1. The summed E-state index contributed by atoms with van der Waals surface area (Å²) in [4.78, 5) is 28.4. The van der Waals surface area contributed by atoms with Crippen LogP contribution in [0.3, 0.4) is 0 Å². The van der Waals surface area contributed by atoms with Gasteiger partial charge in [0.15, 0.2) is 0 Å². The first kappa shape index (κ1) is 34.9. The number of carbonyl (C=O) groups is 2. The van der Waals surface area contributed by atoms with Crippen LogP contribution in [-0.2, 0) is 41.8 Å². The van der Waals surface area contributed by atoms with Crippen LogP contribution in [0.2, 0.25) is 0 Å². The zero-order valence-electron chi connectivity index (χ0n) is 27.1. The number of halogens is 3. The molecule has 0 spiro atoms. The first-order chi connectivity index (χ1) is 21.1. The van der Waals surface area contributed by atoms with Crippen molar-refractivity contribution in [3.63, 3.8) is 0 Å². The summed E-state index contributed by atoms with van der Waals surface area (Å²) in [5.41, 5.74) is 1.65. The predicted octanol–water partition coefficient (Wildman–Crippen LogP) is 4.23. The van der Waals surface area contributed by atoms with Crippen LogP contribution in [0, 0.1) is 17.3 Å². The summed E-state index contributed by atoms with van der Waals surface area (Å²) in [6.45, 7) is 12.6. The van der Waals surface area contributed by atoms with Gasteiger partial charge in [-0.25, -0.2) is 0 Å². The van der Waals surface area contributed by atoms with Crippen LogP contribution in [0.1, 0.15) is 76.3 Å². The average molecular weight is 636 g/mol. The number of nitrogens with zero attached hydrogens (tertiary/aromatic N) is 4. The molecule has 45 heavy (non-hydrogen) atoms. The van der Waals surface area contributed by atoms with Gasteiger partial charge in [-0.2, -0.15) is 18.3 Å². The van der Waals surface area contributed by atoms with Crippen molar-refractivity contribution in [2.75, 3.05) is 32.8 Å². The minimum atomic E-state index is -4.62. The summed E-state index contributed by atoms with van der Waals surface area (Å²) in [5.74, 6) is -0.0866. The predicted molar refractivity (Wildman–Crippen MR) is 165 cm³/mol. The molecule has 0 radical (unpaired) electrons. The van der Waals surface area contributed by atoms with Gasteiger partial charge in [0.05, 0.1) is 23.9 Å². The third kappa shape index (κ3) is 8.86. The minimum Gasteiger partial charge on any atom is -0.390 e. The molecule has 3 heterocycles. The summed E-state index contributed by atoms with van der Waals surface area (Å²) >= 11 is 0. The third-order valence-electron chi connectivity index (χ3n) is 9.04. The number of fused-ring (bicyclic) bond motifs is 1. The van der Waals surface area contributed by atoms with Crippen molar-refractivity contribution in [2.45, 2.75) is 92.2 Å². The molecule has 1 fully saturated rings. The number of nitrogens with one attached hydrogen (secondary N) is 1. The van der Waals surface area contributed by atoms with Crippen molar-refractivity contribution in [3.05, 3.63) is 40.6 Å². The highest BCUT2D eigenvalue weighted by atomic mass is 19.4. The molecule has 2 aromatic rings. The standard InChI is InChI=1S/C33H48F3N5O4/c1-21(2)14-29(44)37-16-23-15-22(6-7-27(23)33(34,35)36)31-26-19-40(30(45)20-42)13-10-28(26)41(38-31)18-25(43)17-39-11-8-24(9-12-39)32(3,4)5/h6-7,15,21,24-25,42-43H,8-14,16-20H2,1-5H3,(H,37,44). The van der Waals surface area contributed by atoms with Gasteiger partial charge in [0.2, 0.25) is 11.8 Å². The van der Waals surface area contributed by atoms with Crippen LogP contribution >= 0.6 is 0 Å². The molecule has 0 aliphatic carbocycles. The largest absolute Gasteiger partial charge is 0.416 e. The van der Waals surface area contributed by atoms with Crippen molar-refractivity contribution in [2.24, 2.45) is 17.3 Å². The number of aromatic nitrogens is 2. The van der Waals surface area contributed by atoms with E-state index in [1.54, 1.807) is 4.68 Å². The maximum Gasteiger partial charge on any atom is 0.416 e. The first-order valence-electron chi connectivity index (χ1n) is 15.9. The fourth-order valence-electron chi connectivity index (χ4n) is 6.52. The van der Waals surface area contributed by atoms with Gasteiger partial charge in [0, 0.05) is 55.8 Å². The minimum absolute atomic E-state index is 0.0594. The van der Waals surface area contributed by atoms with Crippen LogP contribution < -0.4 is 5.32 Å². The van der Waals surface area contributed by atoms with Gasteiger partial charge in [-0.05, 0) is 60.9 Å². The van der Waals surface area contributed by atoms with Crippen molar-refractivity contribution in [3.8, 4) is 11.3 Å². The SMILES string of the molecule is CC(C)CC(=O)NCc1cc(-c2nn(CC(O)CN3CCC(C(C)(C)C)CC3)c3c2CN(C(=O)CO)CC3)ccc1C(F)(F)F. The van der Waals surface area contributed by atoms with E-state index in [0.29, 0.717) is 42.2 Å². The number of benzene rings is 1. The molecular formula is C33H48F3N5O4. The number of aliphatic hydroxyl groups excluding tert-OH is 2. The summed E-state index contributed by atoms with van der Waals surface area (Å²) < 4.78 is 43.6. The highest BCUT2D eigenvalue weighted by molar-refractivity contribution is 5.78. The van der Waals surface area contributed by atoms with Crippen LogP contribution in [0.25, 0.3) is 11.3 Å². The topological polar surface area (TPSA) is 111 Å². The molecule has 1 aromatic carbocycles. The van der Waals surface area contributed by atoms with Crippen molar-refractivity contribution >= 4 is 11.8 Å². The zero-order valence-corrected chi connectivity index (χ0v) is 27.1. The number of aliphatic hydroxyl groups is 2. The van der Waals surface area contributed by atoms with Crippen molar-refractivity contribution < 1.29 is 33.0 Å². The number of likely N-dealkylation sites (tertiary alicyclic amines) is 1. The molecule has 1 saturated heterocycles. The monoisotopic (exact) mass is 635 g/mol. The number of hydrogen-bond acceptors (Lipinski definition) is 6. The van der Waals surface area contributed by atoms with Crippen molar-refractivity contribution in [1.82, 2.24) is 24.9 Å². The lowest BCUT2D eigenvalue weighted by Crippen LogP contribution is -2.42. The van der Waals surface area contributed by atoms with E-state index in [4.69, 9.17) is 5.10 Å². The molecule has 0 bridgehead atoms. The van der Waals surface area contributed by atoms with E-state index in [-0.39, 0.29) is 48.9 Å². The summed E-state index contributed by atoms with van der Waals surface area (Å²) in [6, 6.07) is 3.76. The normalized spacial score (nSPS) is 17.4. The highest BCUT2D eigenvalue weighted by Gasteiger charge is 2.35. The Kier molecular flexibility index (Phi) is 11.0. The number of hydrogen-bond donors (Lipinski definition) is 3. The Morgan fingerprint density at radius 3 is 2.38 bits per heavy atom. The van der Waals surface area contributed by atoms with Gasteiger partial charge in [-0.3, -0.25) is 14.3 Å². The summed E-state index contributed by atoms with van der Waals surface area (Å²) in [6.07, 6.45) is -2.57. The molecule has 1 atom stereocenters. The number of β-amino-alcohol motifs (C(OH)–C–C–N with tert-alkyl or cyclic N) is 1. The Morgan fingerprint density at radius 1 is 1.09 bits per heavy atom. The van der Waals surface area contributed by atoms with E-state index < -0.39 is 30.4 Å². The molecule has 2 aliphatic heterocycles. The van der Waals surface area contributed by atoms with E-state index in [2.05, 4.69) is 31.0 Å². The Morgan fingerprint density at radius 2 is 1.78 bits per heavy atom. The molecule has 250 valence electrons. The first-order valence-corrected chi connectivity index (χ1v) is 15.9. The van der Waals surface area contributed by atoms with E-state index in [0.717, 1.165) is 37.7 Å². The molecular weight excluding hydrogens is 587 g/mol. The third-order valence-corrected chi connectivity index (χ3v) is 9.04. The second-order valence-electron chi connectivity index (χ2n) is 14.0. The molecule has 2 aliphatic rings. The smallest absolute Gasteiger partial charge is 0.390 e. The molecule has 3 N–H and O–H groups in total. The number of rotatable bonds is 10. The molecule has 1 unspecified atom stereocenters. The lowest BCUT2D eigenvalue weighted by atomic mass is 9.75. The van der Waals surface area contributed by atoms with Crippen LogP contribution in [0.4, 0.5) is 13.2 Å². The quantitative estimate of drug-likeness (QED) is 0.361. The van der Waals surface area contributed by atoms with Gasteiger partial charge in [0.1, 0.15) is 6.61 Å². The molecule has 2 amide bonds. The van der Waals surface area contributed by atoms with Gasteiger partial charge < -0.3 is 25.3 Å². The van der Waals surface area contributed by atoms with E-state index >= 15 is 0 Å². The van der Waals surface area contributed by atoms with Crippen molar-refractivity contribution in [1.29, 1.82) is 0 Å². The number of amides is 2. The van der Waals surface area contributed by atoms with Gasteiger partial charge >= 0.3 is 6.18 Å².